The number of halogens is 1. The van der Waals surface area contributed by atoms with Crippen LogP contribution in [0, 0.1) is 0 Å². The molecule has 2 aromatic carbocycles. The van der Waals surface area contributed by atoms with Crippen molar-refractivity contribution >= 4 is 22.7 Å². The van der Waals surface area contributed by atoms with Gasteiger partial charge < -0.3 is 4.42 Å². The van der Waals surface area contributed by atoms with Crippen molar-refractivity contribution in [1.29, 1.82) is 0 Å². The van der Waals surface area contributed by atoms with Gasteiger partial charge in [-0.25, -0.2) is 4.79 Å². The number of fused-ring (bicyclic) bond motifs is 1. The van der Waals surface area contributed by atoms with Crippen LogP contribution in [0.15, 0.2) is 57.7 Å². The molecule has 0 radical (unpaired) electrons. The molecule has 0 N–H and O–H groups in total. The lowest BCUT2D eigenvalue weighted by molar-refractivity contribution is 0.505. The van der Waals surface area contributed by atoms with Crippen molar-refractivity contribution in [3.8, 4) is 0 Å². The van der Waals surface area contributed by atoms with Gasteiger partial charge in [0.05, 0.1) is 5.52 Å². The second-order valence-electron chi connectivity index (χ2n) is 4.37. The van der Waals surface area contributed by atoms with Crippen LogP contribution >= 0.6 is 11.6 Å². The molecule has 3 aromatic rings. The van der Waals surface area contributed by atoms with Crippen molar-refractivity contribution in [2.75, 3.05) is 0 Å². The van der Waals surface area contributed by atoms with Crippen molar-refractivity contribution in [2.45, 2.75) is 13.0 Å². The second-order valence-corrected chi connectivity index (χ2v) is 4.80. The minimum atomic E-state index is -0.340. The molecular weight excluding hydrogens is 262 g/mol. The Morgan fingerprint density at radius 2 is 1.89 bits per heavy atom. The number of hydrogen-bond acceptors (Lipinski definition) is 2. The summed E-state index contributed by atoms with van der Waals surface area (Å²) in [6.45, 7) is 0.580. The molecule has 0 bridgehead atoms. The van der Waals surface area contributed by atoms with E-state index >= 15 is 0 Å². The number of nitrogens with zero attached hydrogens (tertiary/aromatic N) is 1. The second kappa shape index (κ2) is 4.94. The first-order valence-electron chi connectivity index (χ1n) is 6.07. The highest BCUT2D eigenvalue weighted by Crippen LogP contribution is 2.18. The van der Waals surface area contributed by atoms with Gasteiger partial charge in [0.2, 0.25) is 0 Å². The summed E-state index contributed by atoms with van der Waals surface area (Å²) in [4.78, 5) is 11.8. The summed E-state index contributed by atoms with van der Waals surface area (Å²) < 4.78 is 6.81. The van der Waals surface area contributed by atoms with Crippen molar-refractivity contribution < 1.29 is 4.42 Å². The fraction of sp³-hybridized carbons (Fsp3) is 0.133. The molecule has 0 aliphatic heterocycles. The van der Waals surface area contributed by atoms with Crippen LogP contribution in [0.4, 0.5) is 0 Å². The first-order valence-corrected chi connectivity index (χ1v) is 6.45. The van der Waals surface area contributed by atoms with Gasteiger partial charge in [0.1, 0.15) is 0 Å². The Kier molecular flexibility index (Phi) is 3.13. The summed E-state index contributed by atoms with van der Waals surface area (Å²) in [5.41, 5.74) is 2.50. The van der Waals surface area contributed by atoms with E-state index in [0.29, 0.717) is 17.2 Å². The maximum atomic E-state index is 11.8. The van der Waals surface area contributed by atoms with Crippen LogP contribution in [0.25, 0.3) is 11.1 Å². The van der Waals surface area contributed by atoms with Crippen LogP contribution in [0.2, 0.25) is 5.02 Å². The Morgan fingerprint density at radius 1 is 1.11 bits per heavy atom. The molecule has 19 heavy (non-hydrogen) atoms. The van der Waals surface area contributed by atoms with Gasteiger partial charge in [0.25, 0.3) is 0 Å². The Hall–Kier alpha value is -2.00. The Morgan fingerprint density at radius 3 is 2.68 bits per heavy atom. The van der Waals surface area contributed by atoms with Crippen LogP contribution in [0.3, 0.4) is 0 Å². The van der Waals surface area contributed by atoms with Crippen molar-refractivity contribution in [1.82, 2.24) is 4.57 Å². The highest BCUT2D eigenvalue weighted by Gasteiger charge is 2.09. The van der Waals surface area contributed by atoms with Gasteiger partial charge in [0.15, 0.2) is 5.58 Å². The van der Waals surface area contributed by atoms with E-state index in [4.69, 9.17) is 16.0 Å². The number of aromatic nitrogens is 1. The van der Waals surface area contributed by atoms with Crippen LogP contribution in [0.5, 0.6) is 0 Å². The van der Waals surface area contributed by atoms with Gasteiger partial charge in [-0.3, -0.25) is 4.57 Å². The number of rotatable bonds is 3. The van der Waals surface area contributed by atoms with Crippen LogP contribution < -0.4 is 5.76 Å². The topological polar surface area (TPSA) is 35.1 Å². The molecule has 0 spiro atoms. The minimum absolute atomic E-state index is 0.340. The van der Waals surface area contributed by atoms with Gasteiger partial charge in [-0.1, -0.05) is 41.9 Å². The molecule has 0 aliphatic carbocycles. The van der Waals surface area contributed by atoms with E-state index in [0.717, 1.165) is 11.9 Å². The van der Waals surface area contributed by atoms with E-state index < -0.39 is 0 Å². The molecule has 0 saturated carbocycles. The predicted molar refractivity (Wildman–Crippen MR) is 75.6 cm³/mol. The van der Waals surface area contributed by atoms with Crippen molar-refractivity contribution in [3.05, 3.63) is 69.7 Å². The number of aryl methyl sites for hydroxylation is 2. The fourth-order valence-corrected chi connectivity index (χ4v) is 2.30. The molecule has 0 aliphatic rings. The van der Waals surface area contributed by atoms with Crippen molar-refractivity contribution in [3.63, 3.8) is 0 Å². The Labute approximate surface area is 115 Å². The van der Waals surface area contributed by atoms with Gasteiger partial charge in [-0.05, 0) is 30.2 Å². The zero-order chi connectivity index (χ0) is 13.2. The Bertz CT molecular complexity index is 759. The van der Waals surface area contributed by atoms with E-state index in [2.05, 4.69) is 0 Å². The average molecular weight is 274 g/mol. The molecule has 0 atom stereocenters. The van der Waals surface area contributed by atoms with E-state index in [1.54, 1.807) is 22.8 Å². The van der Waals surface area contributed by atoms with E-state index in [-0.39, 0.29) is 5.76 Å². The number of hydrogen-bond donors (Lipinski definition) is 0. The molecule has 3 rings (SSSR count). The molecule has 0 saturated heterocycles. The molecule has 0 fully saturated rings. The number of benzene rings is 2. The smallest absolute Gasteiger partial charge is 0.408 e. The standard InChI is InChI=1S/C15H12ClNO2/c16-12-6-7-14-13(10-12)17(15(18)19-14)9-8-11-4-2-1-3-5-11/h1-7,10H,8-9H2. The molecule has 96 valence electrons. The molecule has 0 amide bonds. The molecule has 4 heteroatoms. The van der Waals surface area contributed by atoms with Crippen LogP contribution in [-0.2, 0) is 13.0 Å². The third-order valence-electron chi connectivity index (χ3n) is 3.10. The Balaban J connectivity index is 1.94. The summed E-state index contributed by atoms with van der Waals surface area (Å²) >= 11 is 5.96. The molecule has 1 heterocycles. The molecule has 3 nitrogen and oxygen atoms in total. The van der Waals surface area contributed by atoms with Gasteiger partial charge in [0, 0.05) is 11.6 Å². The average Bonchev–Trinajstić information content (AvgIpc) is 2.73. The summed E-state index contributed by atoms with van der Waals surface area (Å²) in [7, 11) is 0. The highest BCUT2D eigenvalue weighted by molar-refractivity contribution is 6.31. The van der Waals surface area contributed by atoms with E-state index in [1.807, 2.05) is 30.3 Å². The largest absolute Gasteiger partial charge is 0.419 e. The van der Waals surface area contributed by atoms with Gasteiger partial charge >= 0.3 is 5.76 Å². The van der Waals surface area contributed by atoms with E-state index in [1.165, 1.54) is 5.56 Å². The predicted octanol–water partition coefficient (Wildman–Crippen LogP) is 3.49. The van der Waals surface area contributed by atoms with Crippen LogP contribution in [-0.4, -0.2) is 4.57 Å². The summed E-state index contributed by atoms with van der Waals surface area (Å²) in [6.07, 6.45) is 0.780. The first kappa shape index (κ1) is 12.1. The zero-order valence-corrected chi connectivity index (χ0v) is 10.9. The lowest BCUT2D eigenvalue weighted by Crippen LogP contribution is -2.15. The third-order valence-corrected chi connectivity index (χ3v) is 3.33. The van der Waals surface area contributed by atoms with Gasteiger partial charge in [-0.15, -0.1) is 0 Å². The third kappa shape index (κ3) is 2.42. The molecule has 1 aromatic heterocycles. The van der Waals surface area contributed by atoms with Crippen molar-refractivity contribution in [2.24, 2.45) is 0 Å². The lowest BCUT2D eigenvalue weighted by atomic mass is 10.1. The summed E-state index contributed by atoms with van der Waals surface area (Å²) in [5.74, 6) is -0.340. The molecular formula is C15H12ClNO2. The van der Waals surface area contributed by atoms with Crippen LogP contribution in [0.1, 0.15) is 5.56 Å². The lowest BCUT2D eigenvalue weighted by Gasteiger charge is -2.02. The molecule has 0 unspecified atom stereocenters. The number of oxazole rings is 1. The monoisotopic (exact) mass is 273 g/mol. The fourth-order valence-electron chi connectivity index (χ4n) is 2.13. The van der Waals surface area contributed by atoms with E-state index in [9.17, 15) is 4.79 Å². The maximum Gasteiger partial charge on any atom is 0.419 e. The maximum absolute atomic E-state index is 11.8. The normalized spacial score (nSPS) is 11.0. The SMILES string of the molecule is O=c1oc2ccc(Cl)cc2n1CCc1ccccc1. The summed E-state index contributed by atoms with van der Waals surface area (Å²) in [5, 5.41) is 0.599. The zero-order valence-electron chi connectivity index (χ0n) is 10.2. The highest BCUT2D eigenvalue weighted by atomic mass is 35.5. The first-order chi connectivity index (χ1) is 9.24. The minimum Gasteiger partial charge on any atom is -0.408 e. The quantitative estimate of drug-likeness (QED) is 0.732. The van der Waals surface area contributed by atoms with Gasteiger partial charge in [-0.2, -0.15) is 0 Å². The summed E-state index contributed by atoms with van der Waals surface area (Å²) in [6, 6.07) is 15.2.